The van der Waals surface area contributed by atoms with Gasteiger partial charge in [0.05, 0.1) is 12.8 Å². The van der Waals surface area contributed by atoms with Crippen LogP contribution in [0.25, 0.3) is 5.65 Å². The summed E-state index contributed by atoms with van der Waals surface area (Å²) in [5.74, 6) is 0.338. The van der Waals surface area contributed by atoms with Crippen LogP contribution in [0.4, 0.5) is 0 Å². The van der Waals surface area contributed by atoms with Crippen molar-refractivity contribution in [1.82, 2.24) is 29.8 Å². The highest BCUT2D eigenvalue weighted by atomic mass is 16.5. The Morgan fingerprint density at radius 2 is 1.79 bits per heavy atom. The number of ether oxygens (including phenoxy) is 2. The highest BCUT2D eigenvalue weighted by molar-refractivity contribution is 5.87. The van der Waals surface area contributed by atoms with Gasteiger partial charge in [-0.05, 0) is 75.4 Å². The maximum atomic E-state index is 12.9. The molecule has 2 N–H and O–H groups in total. The summed E-state index contributed by atoms with van der Waals surface area (Å²) in [5, 5.41) is 5.78. The Labute approximate surface area is 253 Å². The van der Waals surface area contributed by atoms with Crippen molar-refractivity contribution in [3.8, 4) is 11.5 Å². The molecule has 1 aliphatic rings. The number of aromatic nitrogens is 2. The molecule has 1 atom stereocenters. The Bertz CT molecular complexity index is 1410. The first kappa shape index (κ1) is 31.8. The smallest absolute Gasteiger partial charge is 0.258 e. The summed E-state index contributed by atoms with van der Waals surface area (Å²) in [4.78, 5) is 46.9. The number of fused-ring (bicyclic) bond motifs is 3. The Hall–Kier alpha value is -4.12. The Morgan fingerprint density at radius 1 is 1.00 bits per heavy atom. The van der Waals surface area contributed by atoms with Gasteiger partial charge in [0, 0.05) is 52.0 Å². The molecule has 3 amide bonds. The summed E-state index contributed by atoms with van der Waals surface area (Å²) in [5.41, 5.74) is 3.99. The molecular weight excluding hydrogens is 548 g/mol. The molecule has 1 aliphatic heterocycles. The van der Waals surface area contributed by atoms with Crippen LogP contribution in [-0.4, -0.2) is 89.9 Å². The normalized spacial score (nSPS) is 19.1. The molecule has 2 bridgehead atoms. The maximum absolute atomic E-state index is 12.9. The number of benzene rings is 1. The number of likely N-dealkylation sites (N-methyl/N-ethyl adjacent to an activating group) is 1. The monoisotopic (exact) mass is 592 g/mol. The first-order chi connectivity index (χ1) is 20.7. The quantitative estimate of drug-likeness (QED) is 0.480. The van der Waals surface area contributed by atoms with Crippen molar-refractivity contribution in [2.24, 2.45) is 0 Å². The number of nitrogens with one attached hydrogen (secondary N) is 2. The fourth-order valence-corrected chi connectivity index (χ4v) is 5.21. The fourth-order valence-electron chi connectivity index (χ4n) is 5.21. The number of methoxy groups -OCH3 is 1. The summed E-state index contributed by atoms with van der Waals surface area (Å²) in [6.45, 7) is 7.00. The zero-order valence-corrected chi connectivity index (χ0v) is 25.7. The van der Waals surface area contributed by atoms with Crippen molar-refractivity contribution >= 4 is 23.4 Å². The van der Waals surface area contributed by atoms with Crippen LogP contribution in [0.5, 0.6) is 11.5 Å². The van der Waals surface area contributed by atoms with Gasteiger partial charge in [-0.2, -0.15) is 0 Å². The van der Waals surface area contributed by atoms with E-state index in [2.05, 4.69) is 45.3 Å². The Kier molecular flexibility index (Phi) is 11.4. The average Bonchev–Trinajstić information content (AvgIpc) is 3.39. The molecule has 2 aromatic heterocycles. The number of hydrogen-bond acceptors (Lipinski definition) is 7. The van der Waals surface area contributed by atoms with Crippen molar-refractivity contribution in [2.75, 3.05) is 46.9 Å². The van der Waals surface area contributed by atoms with Crippen molar-refractivity contribution < 1.29 is 23.9 Å². The molecule has 3 heterocycles. The fraction of sp³-hybridized carbons (Fsp3) is 0.500. The van der Waals surface area contributed by atoms with Crippen LogP contribution >= 0.6 is 0 Å². The van der Waals surface area contributed by atoms with E-state index in [9.17, 15) is 14.4 Å². The summed E-state index contributed by atoms with van der Waals surface area (Å²) in [6, 6.07) is 8.83. The molecular formula is C32H44N6O5. The van der Waals surface area contributed by atoms with E-state index in [4.69, 9.17) is 14.5 Å². The molecule has 43 heavy (non-hydrogen) atoms. The molecule has 0 aliphatic carbocycles. The number of hydrogen-bond donors (Lipinski definition) is 2. The number of carbonyl (C=O) groups is 3. The molecule has 0 radical (unpaired) electrons. The van der Waals surface area contributed by atoms with Gasteiger partial charge in [0.2, 0.25) is 11.8 Å². The number of pyridine rings is 1. The van der Waals surface area contributed by atoms with Crippen molar-refractivity contribution in [3.63, 3.8) is 0 Å². The standard InChI is InChI=1S/C32H44N6O5/c1-23-8-12-29-35-26(21-38(29)19-23)20-37-16-6-5-15-36(3)32(41)24(2)34-31(40)22-43-28-18-25(9-11-27(28)42-4)10-13-30(39)33-14-7-17-37/h8-9,11-12,18-19,21,24H,5-7,10,13-17,20,22H2,1-4H3,(H,33,39)(H,34,40)/t24-/m0/s1. The van der Waals surface area contributed by atoms with Gasteiger partial charge in [0.25, 0.3) is 5.91 Å². The van der Waals surface area contributed by atoms with E-state index in [1.807, 2.05) is 12.1 Å². The van der Waals surface area contributed by atoms with Gasteiger partial charge in [-0.25, -0.2) is 4.98 Å². The third-order valence-corrected chi connectivity index (χ3v) is 7.58. The molecule has 0 spiro atoms. The van der Waals surface area contributed by atoms with E-state index < -0.39 is 11.9 Å². The lowest BCUT2D eigenvalue weighted by Gasteiger charge is -2.24. The number of amides is 3. The minimum absolute atomic E-state index is 0.0104. The van der Waals surface area contributed by atoms with Crippen molar-refractivity contribution in [3.05, 3.63) is 59.5 Å². The zero-order valence-electron chi connectivity index (χ0n) is 25.7. The summed E-state index contributed by atoms with van der Waals surface area (Å²) < 4.78 is 13.2. The average molecular weight is 593 g/mol. The van der Waals surface area contributed by atoms with Gasteiger partial charge in [0.1, 0.15) is 11.7 Å². The van der Waals surface area contributed by atoms with Crippen LogP contribution in [0.2, 0.25) is 0 Å². The lowest BCUT2D eigenvalue weighted by Crippen LogP contribution is -2.47. The van der Waals surface area contributed by atoms with Crippen molar-refractivity contribution in [2.45, 2.75) is 58.5 Å². The second kappa shape index (κ2) is 15.4. The van der Waals surface area contributed by atoms with Crippen LogP contribution in [0.1, 0.15) is 49.4 Å². The Morgan fingerprint density at radius 3 is 2.60 bits per heavy atom. The molecule has 232 valence electrons. The van der Waals surface area contributed by atoms with Crippen LogP contribution in [0, 0.1) is 6.92 Å². The predicted molar refractivity (Wildman–Crippen MR) is 164 cm³/mol. The van der Waals surface area contributed by atoms with Crippen LogP contribution in [0.15, 0.2) is 42.7 Å². The van der Waals surface area contributed by atoms with Gasteiger partial charge < -0.3 is 29.4 Å². The SMILES string of the molecule is COc1ccc2cc1OCC(=O)N[C@@H](C)C(=O)N(C)CCCCN(Cc1cn3cc(C)ccc3n1)CCCNC(=O)CC2. The molecule has 4 rings (SSSR count). The van der Waals surface area contributed by atoms with E-state index in [1.54, 1.807) is 31.0 Å². The zero-order chi connectivity index (χ0) is 30.8. The summed E-state index contributed by atoms with van der Waals surface area (Å²) >= 11 is 0. The van der Waals surface area contributed by atoms with E-state index >= 15 is 0 Å². The lowest BCUT2D eigenvalue weighted by molar-refractivity contribution is -0.135. The minimum atomic E-state index is -0.680. The van der Waals surface area contributed by atoms with Crippen molar-refractivity contribution in [1.29, 1.82) is 0 Å². The predicted octanol–water partition coefficient (Wildman–Crippen LogP) is 2.73. The minimum Gasteiger partial charge on any atom is -0.493 e. The highest BCUT2D eigenvalue weighted by Gasteiger charge is 2.20. The number of carbonyl (C=O) groups excluding carboxylic acids is 3. The van der Waals surface area contributed by atoms with E-state index in [0.717, 1.165) is 49.3 Å². The lowest BCUT2D eigenvalue weighted by atomic mass is 10.1. The summed E-state index contributed by atoms with van der Waals surface area (Å²) in [6.07, 6.45) is 7.53. The number of aryl methyl sites for hydroxylation is 2. The molecule has 0 saturated heterocycles. The number of rotatable bonds is 3. The number of nitrogens with zero attached hydrogens (tertiary/aromatic N) is 4. The molecule has 0 unspecified atom stereocenters. The molecule has 1 aromatic carbocycles. The third-order valence-electron chi connectivity index (χ3n) is 7.58. The maximum Gasteiger partial charge on any atom is 0.258 e. The molecule has 0 saturated carbocycles. The molecule has 0 fully saturated rings. The topological polar surface area (TPSA) is 118 Å². The van der Waals surface area contributed by atoms with Gasteiger partial charge in [-0.3, -0.25) is 19.3 Å². The van der Waals surface area contributed by atoms with Crippen LogP contribution in [-0.2, 0) is 27.3 Å². The van der Waals surface area contributed by atoms with Crippen LogP contribution < -0.4 is 20.1 Å². The third kappa shape index (κ3) is 9.44. The first-order valence-corrected chi connectivity index (χ1v) is 15.0. The first-order valence-electron chi connectivity index (χ1n) is 15.0. The second-order valence-electron chi connectivity index (χ2n) is 11.2. The second-order valence-corrected chi connectivity index (χ2v) is 11.2. The Balaban J connectivity index is 1.43. The van der Waals surface area contributed by atoms with Gasteiger partial charge in [-0.1, -0.05) is 12.1 Å². The largest absolute Gasteiger partial charge is 0.493 e. The van der Waals surface area contributed by atoms with E-state index in [0.29, 0.717) is 44.0 Å². The van der Waals surface area contributed by atoms with E-state index in [1.165, 1.54) is 12.7 Å². The van der Waals surface area contributed by atoms with Crippen LogP contribution in [0.3, 0.4) is 0 Å². The number of imidazole rings is 1. The van der Waals surface area contributed by atoms with Gasteiger partial charge in [-0.15, -0.1) is 0 Å². The molecule has 3 aromatic rings. The highest BCUT2D eigenvalue weighted by Crippen LogP contribution is 2.28. The van der Waals surface area contributed by atoms with E-state index in [-0.39, 0.29) is 18.4 Å². The molecule has 11 heteroatoms. The van der Waals surface area contributed by atoms with Gasteiger partial charge in [0.15, 0.2) is 18.1 Å². The molecule has 11 nitrogen and oxygen atoms in total. The summed E-state index contributed by atoms with van der Waals surface area (Å²) in [7, 11) is 3.29. The van der Waals surface area contributed by atoms with Gasteiger partial charge >= 0.3 is 0 Å².